The molecule has 0 aliphatic rings. The molecule has 8 aromatic rings. The maximum Gasteiger partial charge on any atom is 0.453 e. The van der Waals surface area contributed by atoms with Crippen molar-refractivity contribution >= 4 is 83.6 Å². The largest absolute Gasteiger partial charge is 0.453 e. The first kappa shape index (κ1) is 52.6. The van der Waals surface area contributed by atoms with E-state index in [0.717, 1.165) is 99.5 Å². The molecule has 71 heavy (non-hydrogen) atoms. The van der Waals surface area contributed by atoms with Crippen molar-refractivity contribution in [3.63, 3.8) is 0 Å². The van der Waals surface area contributed by atoms with Crippen LogP contribution in [0.3, 0.4) is 0 Å². The Morgan fingerprint density at radius 2 is 0.620 bits per heavy atom. The second-order valence-corrected chi connectivity index (χ2v) is 26.8. The summed E-state index contributed by atoms with van der Waals surface area (Å²) >= 11 is 13.8. The number of fused-ring (bicyclic) bond motifs is 6. The Kier molecular flexibility index (Phi) is 13.8. The topological polar surface area (TPSA) is 71.0 Å². The van der Waals surface area contributed by atoms with Crippen LogP contribution in [0, 0.1) is 55.4 Å². The van der Waals surface area contributed by atoms with E-state index in [9.17, 15) is 0 Å². The number of rotatable bonds is 6. The zero-order valence-electron chi connectivity index (χ0n) is 45.6. The SMILES string of the molecule is Cc1cc(C(C)(C)C)c2op(Oc3ccc(Cl)cc3Cc3cc(Cl)ccc3Op3oc4c(C(C)(C)C)cc(C)c(C)c4c4c(C)c(C)cc(C(C)(C)C)c4o3)oc3c(C(C)(C)C)cc(C)c(C)c3c2c1C. The van der Waals surface area contributed by atoms with E-state index in [2.05, 4.69) is 163 Å². The molecule has 0 aliphatic heterocycles. The van der Waals surface area contributed by atoms with E-state index in [1.54, 1.807) is 0 Å². The molecule has 376 valence electrons. The molecular weight excluding hydrogens is 962 g/mol. The molecular formula is C61H72Cl2O6P2. The summed E-state index contributed by atoms with van der Waals surface area (Å²) in [7, 11) is -4.14. The zero-order chi connectivity index (χ0) is 52.2. The van der Waals surface area contributed by atoms with Gasteiger partial charge in [-0.05, 0) is 158 Å². The van der Waals surface area contributed by atoms with Gasteiger partial charge in [-0.1, -0.05) is 131 Å². The van der Waals surface area contributed by atoms with Gasteiger partial charge in [-0.3, -0.25) is 0 Å². The fourth-order valence-corrected chi connectivity index (χ4v) is 12.4. The van der Waals surface area contributed by atoms with Crippen LogP contribution in [0.5, 0.6) is 11.5 Å². The van der Waals surface area contributed by atoms with E-state index < -0.39 is 16.5 Å². The maximum atomic E-state index is 7.16. The quantitative estimate of drug-likeness (QED) is 0.165. The van der Waals surface area contributed by atoms with E-state index in [1.807, 2.05) is 36.4 Å². The minimum Gasteiger partial charge on any atom is -0.390 e. The number of hydrogen-bond acceptors (Lipinski definition) is 6. The van der Waals surface area contributed by atoms with Gasteiger partial charge in [-0.25, -0.2) is 0 Å². The molecule has 0 unspecified atom stereocenters. The second kappa shape index (κ2) is 18.7. The molecule has 0 atom stereocenters. The highest BCUT2D eigenvalue weighted by atomic mass is 35.5. The predicted octanol–water partition coefficient (Wildman–Crippen LogP) is 21.1. The first-order chi connectivity index (χ1) is 32.8. The molecule has 0 saturated heterocycles. The van der Waals surface area contributed by atoms with Crippen molar-refractivity contribution in [2.75, 3.05) is 0 Å². The first-order valence-electron chi connectivity index (χ1n) is 24.7. The van der Waals surface area contributed by atoms with Crippen LogP contribution in [-0.2, 0) is 28.1 Å². The lowest BCUT2D eigenvalue weighted by Gasteiger charge is -2.23. The summed E-state index contributed by atoms with van der Waals surface area (Å²) in [4.78, 5) is 0. The summed E-state index contributed by atoms with van der Waals surface area (Å²) < 4.78 is 42.8. The molecule has 0 N–H and O–H groups in total. The monoisotopic (exact) mass is 1030 g/mol. The molecule has 0 bridgehead atoms. The van der Waals surface area contributed by atoms with Crippen LogP contribution in [0.15, 0.2) is 77.5 Å². The summed E-state index contributed by atoms with van der Waals surface area (Å²) in [6.45, 7) is 44.2. The van der Waals surface area contributed by atoms with Crippen LogP contribution >= 0.6 is 39.7 Å². The Morgan fingerprint density at radius 1 is 0.380 bits per heavy atom. The minimum absolute atomic E-state index is 0.248. The smallest absolute Gasteiger partial charge is 0.390 e. The normalized spacial score (nSPS) is 12.7. The maximum absolute atomic E-state index is 7.16. The molecule has 0 fully saturated rings. The Balaban J connectivity index is 1.35. The molecule has 10 heteroatoms. The second-order valence-electron chi connectivity index (χ2n) is 24.0. The Bertz CT molecular complexity index is 3140. The lowest BCUT2D eigenvalue weighted by Crippen LogP contribution is -2.13. The molecule has 0 aliphatic carbocycles. The Labute approximate surface area is 433 Å². The van der Waals surface area contributed by atoms with Gasteiger partial charge in [0, 0.05) is 71.4 Å². The number of hydrogen-bond donors (Lipinski definition) is 0. The molecule has 2 heterocycles. The predicted molar refractivity (Wildman–Crippen MR) is 303 cm³/mol. The lowest BCUT2D eigenvalue weighted by molar-refractivity contribution is 0.484. The molecule has 2 aromatic heterocycles. The van der Waals surface area contributed by atoms with Crippen LogP contribution in [-0.4, -0.2) is 0 Å². The summed E-state index contributed by atoms with van der Waals surface area (Å²) in [6, 6.07) is 20.4. The number of aryl methyl sites for hydroxylation is 8. The van der Waals surface area contributed by atoms with Gasteiger partial charge < -0.3 is 25.8 Å². The third kappa shape index (κ3) is 10.1. The van der Waals surface area contributed by atoms with Crippen molar-refractivity contribution < 1.29 is 25.8 Å². The highest BCUT2D eigenvalue weighted by Gasteiger charge is 2.30. The van der Waals surface area contributed by atoms with Crippen LogP contribution in [0.1, 0.15) is 161 Å². The van der Waals surface area contributed by atoms with Crippen LogP contribution in [0.4, 0.5) is 0 Å². The van der Waals surface area contributed by atoms with Gasteiger partial charge in [0.2, 0.25) is 0 Å². The average molecular weight is 1030 g/mol. The third-order valence-electron chi connectivity index (χ3n) is 14.4. The molecule has 0 radical (unpaired) electrons. The summed E-state index contributed by atoms with van der Waals surface area (Å²) in [5.74, 6) is 1.13. The van der Waals surface area contributed by atoms with Crippen molar-refractivity contribution in [3.8, 4) is 11.5 Å². The molecule has 0 spiro atoms. The molecule has 0 amide bonds. The van der Waals surface area contributed by atoms with Crippen molar-refractivity contribution in [2.24, 2.45) is 0 Å². The standard InChI is InChI=1S/C61H72Cl2O6P2/c1-32-25-44(58(9,10)11)54-50(36(32)5)51-37(6)33(2)26-45(59(12,13)14)55(51)67-70(66-54)64-48-23-21-42(62)30-40(48)29-41-31-43(63)22-24-49(41)65-71-68-56-46(60(15,16)17)27-34(3)38(7)52(56)53-39(8)35(4)28-47(57(53)69-71)61(18,19)20/h21-28,30-31H,29H2,1-20H3. The first-order valence-corrected chi connectivity index (χ1v) is 27.6. The van der Waals surface area contributed by atoms with E-state index in [-0.39, 0.29) is 21.7 Å². The summed E-state index contributed by atoms with van der Waals surface area (Å²) in [6.07, 6.45) is 0.340. The van der Waals surface area contributed by atoms with Crippen LogP contribution in [0.25, 0.3) is 43.9 Å². The molecule has 8 rings (SSSR count). The van der Waals surface area contributed by atoms with Gasteiger partial charge in [-0.15, -0.1) is 0 Å². The van der Waals surface area contributed by atoms with Gasteiger partial charge >= 0.3 is 16.5 Å². The average Bonchev–Trinajstić information content (AvgIpc) is 3.52. The van der Waals surface area contributed by atoms with E-state index in [1.165, 1.54) is 22.3 Å². The van der Waals surface area contributed by atoms with E-state index in [4.69, 9.17) is 49.0 Å². The van der Waals surface area contributed by atoms with Gasteiger partial charge in [0.1, 0.15) is 33.8 Å². The third-order valence-corrected chi connectivity index (χ3v) is 16.9. The molecule has 6 aromatic carbocycles. The minimum atomic E-state index is -2.07. The molecule has 0 saturated carbocycles. The van der Waals surface area contributed by atoms with E-state index >= 15 is 0 Å². The fourth-order valence-electron chi connectivity index (χ4n) is 9.71. The van der Waals surface area contributed by atoms with Crippen LogP contribution in [0.2, 0.25) is 10.0 Å². The lowest BCUT2D eigenvalue weighted by atomic mass is 9.81. The van der Waals surface area contributed by atoms with Crippen molar-refractivity contribution in [3.05, 3.63) is 149 Å². The van der Waals surface area contributed by atoms with Crippen molar-refractivity contribution in [1.29, 1.82) is 0 Å². The summed E-state index contributed by atoms with van der Waals surface area (Å²) in [5.41, 5.74) is 17.5. The Morgan fingerprint density at radius 3 is 0.845 bits per heavy atom. The molecule has 6 nitrogen and oxygen atoms in total. The van der Waals surface area contributed by atoms with E-state index in [0.29, 0.717) is 28.0 Å². The summed E-state index contributed by atoms with van der Waals surface area (Å²) in [5, 5.41) is 5.32. The number of benzene rings is 6. The van der Waals surface area contributed by atoms with Crippen molar-refractivity contribution in [1.82, 2.24) is 0 Å². The highest BCUT2D eigenvalue weighted by Crippen LogP contribution is 2.50. The highest BCUT2D eigenvalue weighted by molar-refractivity contribution is 7.32. The number of halogens is 2. The zero-order valence-corrected chi connectivity index (χ0v) is 48.9. The van der Waals surface area contributed by atoms with Crippen LogP contribution < -0.4 is 9.05 Å². The Hall–Kier alpha value is -4.70. The van der Waals surface area contributed by atoms with Gasteiger partial charge in [-0.2, -0.15) is 0 Å². The van der Waals surface area contributed by atoms with Gasteiger partial charge in [0.15, 0.2) is 0 Å². The van der Waals surface area contributed by atoms with Gasteiger partial charge in [0.25, 0.3) is 0 Å². The van der Waals surface area contributed by atoms with Crippen molar-refractivity contribution in [2.45, 2.75) is 167 Å². The fraction of sp³-hybridized carbons (Fsp3) is 0.410. The van der Waals surface area contributed by atoms with Gasteiger partial charge in [0.05, 0.1) is 0 Å².